The van der Waals surface area contributed by atoms with E-state index in [9.17, 15) is 9.59 Å². The van der Waals surface area contributed by atoms with Crippen LogP contribution in [-0.2, 0) is 4.79 Å². The molecule has 0 saturated carbocycles. The number of hydrogen-bond donors (Lipinski definition) is 3. The van der Waals surface area contributed by atoms with Crippen LogP contribution in [0.15, 0.2) is 42.5 Å². The maximum Gasteiger partial charge on any atom is 0.336 e. The molecule has 0 radical (unpaired) electrons. The predicted molar refractivity (Wildman–Crippen MR) is 130 cm³/mol. The summed E-state index contributed by atoms with van der Waals surface area (Å²) in [5.41, 5.74) is 2.73. The van der Waals surface area contributed by atoms with E-state index in [2.05, 4.69) is 35.3 Å². The molecule has 3 amide bonds. The van der Waals surface area contributed by atoms with Gasteiger partial charge in [-0.2, -0.15) is 0 Å². The summed E-state index contributed by atoms with van der Waals surface area (Å²) in [4.78, 5) is 25.8. The third-order valence-electron chi connectivity index (χ3n) is 4.58. The molecule has 30 heavy (non-hydrogen) atoms. The van der Waals surface area contributed by atoms with Crippen molar-refractivity contribution in [1.29, 1.82) is 0 Å². The van der Waals surface area contributed by atoms with Crippen molar-refractivity contribution in [1.82, 2.24) is 0 Å². The van der Waals surface area contributed by atoms with E-state index in [1.54, 1.807) is 30.3 Å². The van der Waals surface area contributed by atoms with Crippen LogP contribution in [0.2, 0.25) is 5.02 Å². The summed E-state index contributed by atoms with van der Waals surface area (Å²) in [7, 11) is 2.02. The number of carbonyl (C=O) groups excluding carboxylic acids is 2. The second kappa shape index (κ2) is 11.7. The number of nitrogens with one attached hydrogen (secondary N) is 2. The molecule has 2 aromatic carbocycles. The van der Waals surface area contributed by atoms with E-state index in [0.717, 1.165) is 18.7 Å². The average molecular weight is 449 g/mol. The molecular formula is C22H29ClN4O2S. The number of rotatable bonds is 9. The molecule has 0 aliphatic heterocycles. The Kier molecular flexibility index (Phi) is 9.33. The van der Waals surface area contributed by atoms with Crippen molar-refractivity contribution >= 4 is 59.1 Å². The third kappa shape index (κ3) is 7.15. The Hall–Kier alpha value is -2.38. The van der Waals surface area contributed by atoms with E-state index < -0.39 is 6.03 Å². The van der Waals surface area contributed by atoms with Crippen molar-refractivity contribution in [2.24, 2.45) is 0 Å². The van der Waals surface area contributed by atoms with Gasteiger partial charge in [-0.3, -0.25) is 4.79 Å². The van der Waals surface area contributed by atoms with Crippen LogP contribution in [0.1, 0.15) is 39.5 Å². The zero-order valence-electron chi connectivity index (χ0n) is 17.6. The van der Waals surface area contributed by atoms with Crippen LogP contribution in [0.4, 0.5) is 27.5 Å². The molecule has 0 aliphatic carbocycles. The maximum absolute atomic E-state index is 12.5. The summed E-state index contributed by atoms with van der Waals surface area (Å²) in [6.45, 7) is 4.57. The van der Waals surface area contributed by atoms with Crippen molar-refractivity contribution in [2.45, 2.75) is 39.5 Å². The molecule has 0 spiro atoms. The molecule has 8 heteroatoms. The molecule has 0 atom stereocenters. The Morgan fingerprint density at radius 3 is 2.27 bits per heavy atom. The molecule has 0 fully saturated rings. The summed E-state index contributed by atoms with van der Waals surface area (Å²) < 4.78 is 1.19. The molecule has 0 aliphatic rings. The molecule has 0 saturated heterocycles. The monoisotopic (exact) mass is 448 g/mol. The Bertz CT molecular complexity index is 861. The fourth-order valence-electron chi connectivity index (χ4n) is 2.97. The molecule has 0 bridgehead atoms. The standard InChI is InChI=1S/C22H29ClN4O2S/c1-4-5-6-7-14-26(3)21-13-10-18(15-20(21)23)25-22(29)27(30)19-11-8-17(9-12-19)24-16(2)28/h8-13,15,30H,4-7,14H2,1-3H3,(H,24,28)(H,25,29). The van der Waals surface area contributed by atoms with E-state index in [0.29, 0.717) is 22.1 Å². The Morgan fingerprint density at radius 1 is 1.00 bits per heavy atom. The highest BCUT2D eigenvalue weighted by molar-refractivity contribution is 7.82. The highest BCUT2D eigenvalue weighted by atomic mass is 35.5. The van der Waals surface area contributed by atoms with Gasteiger partial charge in [-0.05, 0) is 48.9 Å². The molecular weight excluding hydrogens is 420 g/mol. The molecule has 6 nitrogen and oxygen atoms in total. The normalized spacial score (nSPS) is 10.4. The van der Waals surface area contributed by atoms with Crippen molar-refractivity contribution in [3.05, 3.63) is 47.5 Å². The number of carbonyl (C=O) groups is 2. The SMILES string of the molecule is CCCCCCN(C)c1ccc(NC(=O)N(S)c2ccc(NC(C)=O)cc2)cc1Cl. The fourth-order valence-corrected chi connectivity index (χ4v) is 3.48. The highest BCUT2D eigenvalue weighted by Crippen LogP contribution is 2.29. The topological polar surface area (TPSA) is 64.7 Å². The van der Waals surface area contributed by atoms with Gasteiger partial charge in [0.25, 0.3) is 0 Å². The van der Waals surface area contributed by atoms with Gasteiger partial charge in [-0.25, -0.2) is 9.10 Å². The molecule has 0 unspecified atom stereocenters. The number of hydrogen-bond acceptors (Lipinski definition) is 4. The van der Waals surface area contributed by atoms with Crippen LogP contribution in [-0.4, -0.2) is 25.5 Å². The van der Waals surface area contributed by atoms with Crippen molar-refractivity contribution in [3.63, 3.8) is 0 Å². The first kappa shape index (κ1) is 23.9. The van der Waals surface area contributed by atoms with Gasteiger partial charge in [0.2, 0.25) is 5.91 Å². The van der Waals surface area contributed by atoms with Gasteiger partial charge in [-0.15, -0.1) is 0 Å². The first-order valence-corrected chi connectivity index (χ1v) is 10.8. The number of nitrogens with zero attached hydrogens (tertiary/aromatic N) is 2. The lowest BCUT2D eigenvalue weighted by atomic mass is 10.2. The van der Waals surface area contributed by atoms with Crippen molar-refractivity contribution in [3.8, 4) is 0 Å². The van der Waals surface area contributed by atoms with E-state index in [1.165, 1.54) is 30.5 Å². The van der Waals surface area contributed by atoms with Gasteiger partial charge in [0.1, 0.15) is 0 Å². The molecule has 162 valence electrons. The molecule has 2 N–H and O–H groups in total. The Labute approximate surface area is 189 Å². The van der Waals surface area contributed by atoms with Gasteiger partial charge in [-0.1, -0.05) is 50.6 Å². The van der Waals surface area contributed by atoms with Gasteiger partial charge >= 0.3 is 6.03 Å². The van der Waals surface area contributed by atoms with E-state index in [1.807, 2.05) is 19.2 Å². The first-order chi connectivity index (χ1) is 14.3. The summed E-state index contributed by atoms with van der Waals surface area (Å²) in [6.07, 6.45) is 4.77. The second-order valence-electron chi connectivity index (χ2n) is 7.12. The van der Waals surface area contributed by atoms with Crippen LogP contribution < -0.4 is 19.8 Å². The largest absolute Gasteiger partial charge is 0.373 e. The first-order valence-electron chi connectivity index (χ1n) is 10.00. The summed E-state index contributed by atoms with van der Waals surface area (Å²) in [5, 5.41) is 6.05. The van der Waals surface area contributed by atoms with Crippen LogP contribution in [0.3, 0.4) is 0 Å². The molecule has 2 rings (SSSR count). The van der Waals surface area contributed by atoms with Crippen LogP contribution in [0.5, 0.6) is 0 Å². The van der Waals surface area contributed by atoms with Crippen molar-refractivity contribution < 1.29 is 9.59 Å². The second-order valence-corrected chi connectivity index (χ2v) is 7.93. The van der Waals surface area contributed by atoms with Crippen LogP contribution in [0, 0.1) is 0 Å². The summed E-state index contributed by atoms with van der Waals surface area (Å²) >= 11 is 10.7. The van der Waals surface area contributed by atoms with E-state index in [-0.39, 0.29) is 5.91 Å². The lowest BCUT2D eigenvalue weighted by Crippen LogP contribution is -2.26. The van der Waals surface area contributed by atoms with Crippen LogP contribution >= 0.6 is 24.4 Å². The van der Waals surface area contributed by atoms with E-state index in [4.69, 9.17) is 11.6 Å². The maximum atomic E-state index is 12.5. The Balaban J connectivity index is 1.97. The minimum absolute atomic E-state index is 0.157. The Morgan fingerprint density at radius 2 is 1.67 bits per heavy atom. The third-order valence-corrected chi connectivity index (χ3v) is 5.30. The number of urea groups is 1. The summed E-state index contributed by atoms with van der Waals surface area (Å²) in [5.74, 6) is -0.157. The number of unbranched alkanes of at least 4 members (excludes halogenated alkanes) is 3. The number of benzene rings is 2. The van der Waals surface area contributed by atoms with Gasteiger partial charge < -0.3 is 15.5 Å². The molecule has 0 heterocycles. The van der Waals surface area contributed by atoms with Crippen molar-refractivity contribution in [2.75, 3.05) is 33.4 Å². The number of anilines is 4. The minimum atomic E-state index is -0.414. The lowest BCUT2D eigenvalue weighted by Gasteiger charge is -2.22. The zero-order valence-corrected chi connectivity index (χ0v) is 19.3. The van der Waals surface area contributed by atoms with Gasteiger partial charge in [0, 0.05) is 31.9 Å². The molecule has 2 aromatic rings. The predicted octanol–water partition coefficient (Wildman–Crippen LogP) is 6.20. The number of thiol groups is 1. The number of halogens is 1. The molecule has 0 aromatic heterocycles. The van der Waals surface area contributed by atoms with Crippen LogP contribution in [0.25, 0.3) is 0 Å². The van der Waals surface area contributed by atoms with Gasteiger partial charge in [0.05, 0.1) is 16.4 Å². The summed E-state index contributed by atoms with van der Waals surface area (Å²) in [6, 6.07) is 11.8. The lowest BCUT2D eigenvalue weighted by molar-refractivity contribution is -0.114. The average Bonchev–Trinajstić information content (AvgIpc) is 2.70. The number of amides is 3. The highest BCUT2D eigenvalue weighted by Gasteiger charge is 2.14. The smallest absolute Gasteiger partial charge is 0.336 e. The zero-order chi connectivity index (χ0) is 22.1. The fraction of sp³-hybridized carbons (Fsp3) is 0.364. The van der Waals surface area contributed by atoms with E-state index >= 15 is 0 Å². The van der Waals surface area contributed by atoms with Gasteiger partial charge in [0.15, 0.2) is 0 Å². The quantitative estimate of drug-likeness (QED) is 0.316. The minimum Gasteiger partial charge on any atom is -0.373 e.